The number of carbonyl (C=O) groups excluding carboxylic acids is 2. The zero-order valence-corrected chi connectivity index (χ0v) is 19.8. The number of nitrogens with one attached hydrogen (secondary N) is 1. The molecule has 172 valence electrons. The Hall–Kier alpha value is -2.31. The van der Waals surface area contributed by atoms with E-state index >= 15 is 0 Å². The quantitative estimate of drug-likeness (QED) is 0.538. The molecule has 0 radical (unpaired) electrons. The van der Waals surface area contributed by atoms with Gasteiger partial charge in [-0.25, -0.2) is 0 Å². The molecule has 2 atom stereocenters. The highest BCUT2D eigenvalue weighted by Gasteiger charge is 2.36. The van der Waals surface area contributed by atoms with Crippen LogP contribution in [0.5, 0.6) is 0 Å². The first-order valence-electron chi connectivity index (χ1n) is 11.6. The average Bonchev–Trinajstić information content (AvgIpc) is 2.84. The van der Waals surface area contributed by atoms with E-state index < -0.39 is 0 Å². The second kappa shape index (κ2) is 12.7. The highest BCUT2D eigenvalue weighted by molar-refractivity contribution is 7.80. The van der Waals surface area contributed by atoms with E-state index in [1.54, 1.807) is 0 Å². The predicted octanol–water partition coefficient (Wildman–Crippen LogP) is 3.80. The van der Waals surface area contributed by atoms with Crippen LogP contribution in [0.3, 0.4) is 0 Å². The van der Waals surface area contributed by atoms with Crippen LogP contribution in [0.4, 0.5) is 5.69 Å². The van der Waals surface area contributed by atoms with Gasteiger partial charge in [-0.1, -0.05) is 55.5 Å². The van der Waals surface area contributed by atoms with Gasteiger partial charge in [0.2, 0.25) is 11.8 Å². The lowest BCUT2D eigenvalue weighted by Crippen LogP contribution is -2.56. The number of rotatable bonds is 10. The summed E-state index contributed by atoms with van der Waals surface area (Å²) >= 11 is 4.17. The molecule has 1 heterocycles. The summed E-state index contributed by atoms with van der Waals surface area (Å²) in [4.78, 5) is 29.6. The van der Waals surface area contributed by atoms with Crippen molar-refractivity contribution in [2.75, 3.05) is 36.8 Å². The van der Waals surface area contributed by atoms with Gasteiger partial charge in [0.1, 0.15) is 0 Å². The zero-order chi connectivity index (χ0) is 22.8. The highest BCUT2D eigenvalue weighted by atomic mass is 32.1. The molecule has 0 spiro atoms. The first-order chi connectivity index (χ1) is 15.6. The molecular formula is C26H35N3O2S. The Morgan fingerprint density at radius 2 is 1.78 bits per heavy atom. The molecule has 1 saturated heterocycles. The number of amides is 2. The molecule has 0 aromatic heterocycles. The fourth-order valence-electron chi connectivity index (χ4n) is 4.48. The second-order valence-electron chi connectivity index (χ2n) is 8.38. The Morgan fingerprint density at radius 3 is 2.44 bits per heavy atom. The van der Waals surface area contributed by atoms with E-state index in [4.69, 9.17) is 0 Å². The van der Waals surface area contributed by atoms with E-state index in [-0.39, 0.29) is 23.8 Å². The Kier molecular flexibility index (Phi) is 9.62. The molecule has 1 aliphatic heterocycles. The normalized spacial score (nSPS) is 18.8. The number of carbonyl (C=O) groups is 2. The van der Waals surface area contributed by atoms with Gasteiger partial charge in [0.15, 0.2) is 0 Å². The van der Waals surface area contributed by atoms with E-state index in [2.05, 4.69) is 47.1 Å². The van der Waals surface area contributed by atoms with E-state index in [0.29, 0.717) is 25.1 Å². The SMILES string of the molecule is CCC(=O)N(c1ccccc1)C1CCN(CCc2ccccc2)CC1CNC(=O)CCS. The lowest BCUT2D eigenvalue weighted by molar-refractivity contribution is -0.120. The maximum atomic E-state index is 13.0. The first-order valence-corrected chi connectivity index (χ1v) is 12.3. The Labute approximate surface area is 197 Å². The van der Waals surface area contributed by atoms with Crippen molar-refractivity contribution in [3.05, 3.63) is 66.2 Å². The molecular weight excluding hydrogens is 418 g/mol. The number of para-hydroxylation sites is 1. The summed E-state index contributed by atoms with van der Waals surface area (Å²) in [7, 11) is 0. The molecule has 2 unspecified atom stereocenters. The molecule has 5 nitrogen and oxygen atoms in total. The monoisotopic (exact) mass is 453 g/mol. The summed E-state index contributed by atoms with van der Waals surface area (Å²) in [5.41, 5.74) is 2.27. The number of nitrogens with zero attached hydrogens (tertiary/aromatic N) is 2. The smallest absolute Gasteiger partial charge is 0.226 e. The molecule has 2 aromatic carbocycles. The van der Waals surface area contributed by atoms with Gasteiger partial charge in [-0.3, -0.25) is 9.59 Å². The highest BCUT2D eigenvalue weighted by Crippen LogP contribution is 2.28. The molecule has 2 aromatic rings. The lowest BCUT2D eigenvalue weighted by Gasteiger charge is -2.44. The second-order valence-corrected chi connectivity index (χ2v) is 8.83. The van der Waals surface area contributed by atoms with Crippen molar-refractivity contribution in [1.82, 2.24) is 10.2 Å². The lowest BCUT2D eigenvalue weighted by atomic mass is 9.89. The van der Waals surface area contributed by atoms with Gasteiger partial charge < -0.3 is 15.1 Å². The van der Waals surface area contributed by atoms with Crippen LogP contribution in [-0.4, -0.2) is 54.7 Å². The molecule has 0 bridgehead atoms. The molecule has 1 fully saturated rings. The molecule has 1 N–H and O–H groups in total. The average molecular weight is 454 g/mol. The fraction of sp³-hybridized carbons (Fsp3) is 0.462. The fourth-order valence-corrected chi connectivity index (χ4v) is 4.69. The largest absolute Gasteiger partial charge is 0.356 e. The van der Waals surface area contributed by atoms with Gasteiger partial charge >= 0.3 is 0 Å². The number of thiol groups is 1. The number of anilines is 1. The van der Waals surface area contributed by atoms with Crippen molar-refractivity contribution >= 4 is 30.1 Å². The molecule has 0 saturated carbocycles. The maximum Gasteiger partial charge on any atom is 0.226 e. The van der Waals surface area contributed by atoms with Gasteiger partial charge in [-0.2, -0.15) is 12.6 Å². The van der Waals surface area contributed by atoms with Gasteiger partial charge in [0.25, 0.3) is 0 Å². The topological polar surface area (TPSA) is 52.7 Å². The molecule has 3 rings (SSSR count). The number of hydrogen-bond acceptors (Lipinski definition) is 4. The third-order valence-electron chi connectivity index (χ3n) is 6.17. The van der Waals surface area contributed by atoms with E-state index in [0.717, 1.165) is 38.2 Å². The van der Waals surface area contributed by atoms with Crippen molar-refractivity contribution in [1.29, 1.82) is 0 Å². The van der Waals surface area contributed by atoms with Crippen molar-refractivity contribution in [3.8, 4) is 0 Å². The van der Waals surface area contributed by atoms with E-state index in [1.165, 1.54) is 5.56 Å². The van der Waals surface area contributed by atoms with Gasteiger partial charge in [-0.15, -0.1) is 0 Å². The summed E-state index contributed by atoms with van der Waals surface area (Å²) in [6, 6.07) is 20.5. The van der Waals surface area contributed by atoms with Crippen molar-refractivity contribution < 1.29 is 9.59 Å². The predicted molar refractivity (Wildman–Crippen MR) is 134 cm³/mol. The minimum Gasteiger partial charge on any atom is -0.356 e. The summed E-state index contributed by atoms with van der Waals surface area (Å²) in [6.45, 7) is 5.26. The van der Waals surface area contributed by atoms with Gasteiger partial charge in [-0.05, 0) is 36.3 Å². The molecule has 2 amide bonds. The van der Waals surface area contributed by atoms with E-state index in [1.807, 2.05) is 48.2 Å². The number of likely N-dealkylation sites (tertiary alicyclic amines) is 1. The van der Waals surface area contributed by atoms with Gasteiger partial charge in [0, 0.05) is 56.7 Å². The summed E-state index contributed by atoms with van der Waals surface area (Å²) in [5.74, 6) is 0.853. The molecule has 32 heavy (non-hydrogen) atoms. The maximum absolute atomic E-state index is 13.0. The summed E-state index contributed by atoms with van der Waals surface area (Å²) < 4.78 is 0. The Morgan fingerprint density at radius 1 is 1.09 bits per heavy atom. The number of hydrogen-bond donors (Lipinski definition) is 2. The number of piperidine rings is 1. The van der Waals surface area contributed by atoms with Crippen LogP contribution in [-0.2, 0) is 16.0 Å². The van der Waals surface area contributed by atoms with Gasteiger partial charge in [0.05, 0.1) is 0 Å². The van der Waals surface area contributed by atoms with Crippen LogP contribution in [0.15, 0.2) is 60.7 Å². The molecule has 1 aliphatic rings. The minimum atomic E-state index is 0.0215. The summed E-state index contributed by atoms with van der Waals surface area (Å²) in [5, 5.41) is 3.09. The zero-order valence-electron chi connectivity index (χ0n) is 19.0. The molecule has 0 aliphatic carbocycles. The number of benzene rings is 2. The molecule has 6 heteroatoms. The van der Waals surface area contributed by atoms with Crippen molar-refractivity contribution in [2.24, 2.45) is 5.92 Å². The Bertz CT molecular complexity index is 847. The minimum absolute atomic E-state index is 0.0215. The van der Waals surface area contributed by atoms with Crippen molar-refractivity contribution in [3.63, 3.8) is 0 Å². The van der Waals surface area contributed by atoms with E-state index in [9.17, 15) is 9.59 Å². The van der Waals surface area contributed by atoms with Crippen LogP contribution in [0.1, 0.15) is 31.7 Å². The third kappa shape index (κ3) is 6.84. The third-order valence-corrected chi connectivity index (χ3v) is 6.40. The standard InChI is InChI=1S/C26H35N3O2S/c1-2-26(31)29(23-11-7-4-8-12-23)24-14-17-28(16-13-21-9-5-3-6-10-21)20-22(24)19-27-25(30)15-18-32/h3-12,22,24,32H,2,13-20H2,1H3,(H,27,30). The first kappa shape index (κ1) is 24.3. The van der Waals surface area contributed by atoms with Crippen LogP contribution < -0.4 is 10.2 Å². The Balaban J connectivity index is 1.75. The summed E-state index contributed by atoms with van der Waals surface area (Å²) in [6.07, 6.45) is 2.76. The van der Waals surface area contributed by atoms with Crippen molar-refractivity contribution in [2.45, 2.75) is 38.6 Å². The van der Waals surface area contributed by atoms with Crippen LogP contribution in [0, 0.1) is 5.92 Å². The van der Waals surface area contributed by atoms with Crippen LogP contribution >= 0.6 is 12.6 Å². The van der Waals surface area contributed by atoms with Crippen LogP contribution in [0.2, 0.25) is 0 Å². The van der Waals surface area contributed by atoms with Crippen LogP contribution in [0.25, 0.3) is 0 Å².